The fraction of sp³-hybridized carbons (Fsp3) is 0. The minimum Gasteiger partial charge on any atom is -0.205 e. The standard InChI is InChI=1S/C6H3ClF2.H3P/c7-6-4(8)2-1-3-5(6)9;/h1-3H;1H3. The van der Waals surface area contributed by atoms with Crippen LogP contribution < -0.4 is 0 Å². The van der Waals surface area contributed by atoms with E-state index < -0.39 is 16.7 Å². The third-order valence-corrected chi connectivity index (χ3v) is 1.27. The summed E-state index contributed by atoms with van der Waals surface area (Å²) < 4.78 is 24.4. The predicted octanol–water partition coefficient (Wildman–Crippen LogP) is 2.68. The molecule has 1 aromatic carbocycles. The molecular weight excluding hydrogens is 176 g/mol. The topological polar surface area (TPSA) is 0 Å². The molecule has 56 valence electrons. The maximum absolute atomic E-state index is 12.2. The molecule has 0 spiro atoms. The largest absolute Gasteiger partial charge is 0.205 e. The van der Waals surface area contributed by atoms with Gasteiger partial charge in [0.25, 0.3) is 0 Å². The Bertz CT molecular complexity index is 207. The minimum atomic E-state index is -0.725. The third kappa shape index (κ3) is 1.89. The lowest BCUT2D eigenvalue weighted by atomic mass is 10.3. The molecule has 0 aliphatic rings. The van der Waals surface area contributed by atoms with E-state index in [9.17, 15) is 8.78 Å². The molecule has 1 atom stereocenters. The zero-order valence-corrected chi connectivity index (χ0v) is 7.24. The molecular formula is C6H6ClF2P. The molecule has 1 aromatic rings. The number of rotatable bonds is 0. The van der Waals surface area contributed by atoms with Crippen molar-refractivity contribution in [1.29, 1.82) is 0 Å². The van der Waals surface area contributed by atoms with Crippen LogP contribution in [0, 0.1) is 11.6 Å². The molecule has 0 nitrogen and oxygen atoms in total. The molecule has 0 aromatic heterocycles. The van der Waals surface area contributed by atoms with E-state index in [-0.39, 0.29) is 9.90 Å². The maximum atomic E-state index is 12.2. The lowest BCUT2D eigenvalue weighted by molar-refractivity contribution is 0.584. The van der Waals surface area contributed by atoms with Gasteiger partial charge in [-0.3, -0.25) is 0 Å². The number of benzene rings is 1. The highest BCUT2D eigenvalue weighted by Crippen LogP contribution is 2.16. The van der Waals surface area contributed by atoms with Gasteiger partial charge in [-0.2, -0.15) is 9.90 Å². The Labute approximate surface area is 65.8 Å². The van der Waals surface area contributed by atoms with Crippen LogP contribution in [0.2, 0.25) is 5.02 Å². The van der Waals surface area contributed by atoms with Crippen LogP contribution in [0.25, 0.3) is 0 Å². The van der Waals surface area contributed by atoms with Gasteiger partial charge in [0.15, 0.2) is 0 Å². The molecule has 0 aliphatic carbocycles. The molecule has 0 bridgehead atoms. The Morgan fingerprint density at radius 2 is 1.50 bits per heavy atom. The molecule has 0 N–H and O–H groups in total. The van der Waals surface area contributed by atoms with E-state index in [2.05, 4.69) is 0 Å². The van der Waals surface area contributed by atoms with Crippen molar-refractivity contribution in [3.63, 3.8) is 0 Å². The molecule has 1 rings (SSSR count). The van der Waals surface area contributed by atoms with Crippen LogP contribution >= 0.6 is 21.5 Å². The van der Waals surface area contributed by atoms with Crippen molar-refractivity contribution in [2.24, 2.45) is 0 Å². The summed E-state index contributed by atoms with van der Waals surface area (Å²) in [5.74, 6) is -1.45. The second-order valence-electron chi connectivity index (χ2n) is 1.54. The summed E-state index contributed by atoms with van der Waals surface area (Å²) >= 11 is 5.13. The van der Waals surface area contributed by atoms with E-state index in [1.165, 1.54) is 6.07 Å². The minimum absolute atomic E-state index is 0. The summed E-state index contributed by atoms with van der Waals surface area (Å²) in [4.78, 5) is 0. The first-order valence-electron chi connectivity index (χ1n) is 2.31. The summed E-state index contributed by atoms with van der Waals surface area (Å²) in [6, 6.07) is 3.47. The summed E-state index contributed by atoms with van der Waals surface area (Å²) in [6.45, 7) is 0. The highest BCUT2D eigenvalue weighted by atomic mass is 35.5. The van der Waals surface area contributed by atoms with E-state index in [4.69, 9.17) is 11.6 Å². The normalized spacial score (nSPS) is 8.70. The summed E-state index contributed by atoms with van der Waals surface area (Å²) in [6.07, 6.45) is 0. The highest BCUT2D eigenvalue weighted by Gasteiger charge is 2.02. The van der Waals surface area contributed by atoms with Crippen LogP contribution in [0.15, 0.2) is 18.2 Å². The molecule has 0 radical (unpaired) electrons. The lowest BCUT2D eigenvalue weighted by Crippen LogP contribution is -1.79. The van der Waals surface area contributed by atoms with Gasteiger partial charge in [0.05, 0.1) is 0 Å². The predicted molar refractivity (Wildman–Crippen MR) is 42.5 cm³/mol. The molecule has 4 heteroatoms. The van der Waals surface area contributed by atoms with Crippen molar-refractivity contribution in [2.45, 2.75) is 0 Å². The number of hydrogen-bond donors (Lipinski definition) is 0. The highest BCUT2D eigenvalue weighted by molar-refractivity contribution is 6.92. The fourth-order valence-corrected chi connectivity index (χ4v) is 0.603. The Kier molecular flexibility index (Phi) is 3.77. The fourth-order valence-electron chi connectivity index (χ4n) is 0.477. The van der Waals surface area contributed by atoms with Crippen LogP contribution in [-0.2, 0) is 0 Å². The van der Waals surface area contributed by atoms with Crippen LogP contribution in [0.3, 0.4) is 0 Å². The second-order valence-corrected chi connectivity index (χ2v) is 1.91. The van der Waals surface area contributed by atoms with Crippen molar-refractivity contribution in [2.75, 3.05) is 0 Å². The third-order valence-electron chi connectivity index (χ3n) is 0.904. The molecule has 0 aliphatic heterocycles. The van der Waals surface area contributed by atoms with Gasteiger partial charge in [0.2, 0.25) is 0 Å². The van der Waals surface area contributed by atoms with Crippen molar-refractivity contribution in [3.05, 3.63) is 34.9 Å². The van der Waals surface area contributed by atoms with Crippen molar-refractivity contribution in [1.82, 2.24) is 0 Å². The molecule has 0 fully saturated rings. The first kappa shape index (κ1) is 9.80. The van der Waals surface area contributed by atoms with Crippen LogP contribution in [-0.4, -0.2) is 0 Å². The van der Waals surface area contributed by atoms with E-state index in [1.54, 1.807) is 0 Å². The van der Waals surface area contributed by atoms with Crippen molar-refractivity contribution in [3.8, 4) is 0 Å². The van der Waals surface area contributed by atoms with E-state index in [1.807, 2.05) is 0 Å². The lowest BCUT2D eigenvalue weighted by Gasteiger charge is -1.91. The summed E-state index contributed by atoms with van der Waals surface area (Å²) in [5, 5.41) is -0.447. The van der Waals surface area contributed by atoms with Crippen LogP contribution in [0.4, 0.5) is 8.78 Å². The Morgan fingerprint density at radius 3 is 1.80 bits per heavy atom. The molecule has 10 heavy (non-hydrogen) atoms. The van der Waals surface area contributed by atoms with Gasteiger partial charge in [0, 0.05) is 0 Å². The Morgan fingerprint density at radius 1 is 1.10 bits per heavy atom. The first-order chi connectivity index (χ1) is 4.22. The SMILES string of the molecule is Fc1cccc(F)c1Cl.P. The molecule has 0 amide bonds. The Hall–Kier alpha value is -0.200. The van der Waals surface area contributed by atoms with Crippen LogP contribution in [0.1, 0.15) is 0 Å². The average molecular weight is 183 g/mol. The summed E-state index contributed by atoms with van der Waals surface area (Å²) in [5.41, 5.74) is 0. The molecule has 0 saturated carbocycles. The second kappa shape index (κ2) is 3.85. The average Bonchev–Trinajstić information content (AvgIpc) is 1.83. The summed E-state index contributed by atoms with van der Waals surface area (Å²) in [7, 11) is 0. The van der Waals surface area contributed by atoms with E-state index in [0.29, 0.717) is 0 Å². The monoisotopic (exact) mass is 182 g/mol. The van der Waals surface area contributed by atoms with Gasteiger partial charge < -0.3 is 0 Å². The van der Waals surface area contributed by atoms with Gasteiger partial charge in [-0.1, -0.05) is 17.7 Å². The van der Waals surface area contributed by atoms with Crippen LogP contribution in [0.5, 0.6) is 0 Å². The molecule has 1 unspecified atom stereocenters. The van der Waals surface area contributed by atoms with Gasteiger partial charge in [-0.05, 0) is 12.1 Å². The van der Waals surface area contributed by atoms with E-state index >= 15 is 0 Å². The maximum Gasteiger partial charge on any atom is 0.144 e. The number of halogens is 3. The van der Waals surface area contributed by atoms with Gasteiger partial charge in [-0.15, -0.1) is 0 Å². The molecule has 0 heterocycles. The zero-order valence-electron chi connectivity index (χ0n) is 5.07. The van der Waals surface area contributed by atoms with Crippen molar-refractivity contribution < 1.29 is 8.78 Å². The first-order valence-corrected chi connectivity index (χ1v) is 2.69. The van der Waals surface area contributed by atoms with E-state index in [0.717, 1.165) is 12.1 Å². The number of hydrogen-bond acceptors (Lipinski definition) is 0. The Balaban J connectivity index is 0.000000810. The zero-order chi connectivity index (χ0) is 6.85. The van der Waals surface area contributed by atoms with Gasteiger partial charge in [0.1, 0.15) is 16.7 Å². The van der Waals surface area contributed by atoms with Gasteiger partial charge in [-0.25, -0.2) is 8.78 Å². The molecule has 0 saturated heterocycles. The van der Waals surface area contributed by atoms with Gasteiger partial charge >= 0.3 is 0 Å². The smallest absolute Gasteiger partial charge is 0.144 e. The van der Waals surface area contributed by atoms with Crippen molar-refractivity contribution >= 4 is 21.5 Å². The quantitative estimate of drug-likeness (QED) is 0.428.